The third-order valence-corrected chi connectivity index (χ3v) is 5.40. The topological polar surface area (TPSA) is 67.4 Å². The number of carbonyl (C=O) groups excluding carboxylic acids is 2. The molecule has 3 rings (SSSR count). The molecule has 0 heterocycles. The van der Waals surface area contributed by atoms with Gasteiger partial charge in [0.15, 0.2) is 0 Å². The monoisotopic (exact) mass is 480 g/mol. The minimum atomic E-state index is -0.242. The fourth-order valence-corrected chi connectivity index (χ4v) is 3.45. The van der Waals surface area contributed by atoms with E-state index in [0.717, 1.165) is 12.0 Å². The molecule has 0 saturated carbocycles. The lowest BCUT2D eigenvalue weighted by Gasteiger charge is -2.12. The highest BCUT2D eigenvalue weighted by Crippen LogP contribution is 2.27. The van der Waals surface area contributed by atoms with E-state index in [1.54, 1.807) is 31.2 Å². The predicted molar refractivity (Wildman–Crippen MR) is 128 cm³/mol. The van der Waals surface area contributed by atoms with Crippen LogP contribution in [0, 0.1) is 6.92 Å². The normalized spacial score (nSPS) is 10.4. The van der Waals surface area contributed by atoms with Crippen LogP contribution in [-0.4, -0.2) is 18.4 Å². The SMILES string of the molecule is CCC(=O)Nc1cc(NC(=O)c2ccc(OCCc3ccccc3)c(Br)c2)ccc1C. The molecule has 3 aromatic rings. The molecule has 0 atom stereocenters. The maximum atomic E-state index is 12.7. The number of halogens is 1. The van der Waals surface area contributed by atoms with Crippen molar-refractivity contribution in [2.75, 3.05) is 17.2 Å². The fraction of sp³-hybridized carbons (Fsp3) is 0.200. The van der Waals surface area contributed by atoms with Gasteiger partial charge < -0.3 is 15.4 Å². The largest absolute Gasteiger partial charge is 0.492 e. The van der Waals surface area contributed by atoms with Crippen LogP contribution in [0.5, 0.6) is 5.75 Å². The standard InChI is InChI=1S/C25H25BrN2O3/c1-3-24(29)28-22-16-20(11-9-17(22)2)27-25(30)19-10-12-23(21(26)15-19)31-14-13-18-7-5-4-6-8-18/h4-12,15-16H,3,13-14H2,1-2H3,(H,27,30)(H,28,29). The summed E-state index contributed by atoms with van der Waals surface area (Å²) in [6.45, 7) is 4.25. The molecule has 2 N–H and O–H groups in total. The quantitative estimate of drug-likeness (QED) is 0.416. The van der Waals surface area contributed by atoms with Crippen molar-refractivity contribution >= 4 is 39.1 Å². The minimum absolute atomic E-state index is 0.0710. The van der Waals surface area contributed by atoms with E-state index in [9.17, 15) is 9.59 Å². The van der Waals surface area contributed by atoms with Gasteiger partial charge in [-0.1, -0.05) is 43.3 Å². The first-order valence-electron chi connectivity index (χ1n) is 10.1. The van der Waals surface area contributed by atoms with Crippen LogP contribution in [0.2, 0.25) is 0 Å². The van der Waals surface area contributed by atoms with Gasteiger partial charge in [-0.2, -0.15) is 0 Å². The van der Waals surface area contributed by atoms with E-state index >= 15 is 0 Å². The number of carbonyl (C=O) groups is 2. The number of hydrogen-bond donors (Lipinski definition) is 2. The number of benzene rings is 3. The third-order valence-electron chi connectivity index (χ3n) is 4.78. The van der Waals surface area contributed by atoms with Crippen molar-refractivity contribution in [2.45, 2.75) is 26.7 Å². The molecule has 0 aliphatic rings. The van der Waals surface area contributed by atoms with Gasteiger partial charge in [0.05, 0.1) is 11.1 Å². The van der Waals surface area contributed by atoms with Crippen LogP contribution in [0.1, 0.15) is 34.8 Å². The molecular weight excluding hydrogens is 456 g/mol. The lowest BCUT2D eigenvalue weighted by Crippen LogP contribution is -2.14. The van der Waals surface area contributed by atoms with E-state index in [-0.39, 0.29) is 11.8 Å². The zero-order valence-corrected chi connectivity index (χ0v) is 19.2. The molecule has 0 bridgehead atoms. The van der Waals surface area contributed by atoms with E-state index in [1.165, 1.54) is 5.56 Å². The van der Waals surface area contributed by atoms with Crippen molar-refractivity contribution in [3.63, 3.8) is 0 Å². The lowest BCUT2D eigenvalue weighted by molar-refractivity contribution is -0.115. The molecule has 0 spiro atoms. The van der Waals surface area contributed by atoms with Crippen LogP contribution in [0.4, 0.5) is 11.4 Å². The van der Waals surface area contributed by atoms with Gasteiger partial charge in [-0.25, -0.2) is 0 Å². The summed E-state index contributed by atoms with van der Waals surface area (Å²) in [6.07, 6.45) is 1.20. The van der Waals surface area contributed by atoms with E-state index in [0.29, 0.717) is 40.2 Å². The van der Waals surface area contributed by atoms with E-state index in [1.807, 2.05) is 37.3 Å². The summed E-state index contributed by atoms with van der Waals surface area (Å²) in [5, 5.41) is 5.72. The number of amides is 2. The highest BCUT2D eigenvalue weighted by atomic mass is 79.9. The summed E-state index contributed by atoms with van der Waals surface area (Å²) in [5.74, 6) is 0.374. The Morgan fingerprint density at radius 2 is 1.74 bits per heavy atom. The molecular formula is C25H25BrN2O3. The Bertz CT molecular complexity index is 1070. The Kier molecular flexibility index (Phi) is 7.84. The number of anilines is 2. The van der Waals surface area contributed by atoms with E-state index < -0.39 is 0 Å². The number of aryl methyl sites for hydroxylation is 1. The average Bonchev–Trinajstić information content (AvgIpc) is 2.77. The van der Waals surface area contributed by atoms with Gasteiger partial charge in [-0.05, 0) is 64.3 Å². The second-order valence-corrected chi connectivity index (χ2v) is 7.97. The zero-order valence-electron chi connectivity index (χ0n) is 17.6. The molecule has 0 fully saturated rings. The van der Waals surface area contributed by atoms with E-state index in [4.69, 9.17) is 4.74 Å². The summed E-state index contributed by atoms with van der Waals surface area (Å²) in [6, 6.07) is 20.8. The molecule has 160 valence electrons. The number of hydrogen-bond acceptors (Lipinski definition) is 3. The van der Waals surface area contributed by atoms with Crippen LogP contribution < -0.4 is 15.4 Å². The molecule has 0 aromatic heterocycles. The average molecular weight is 481 g/mol. The molecule has 0 saturated heterocycles. The van der Waals surface area contributed by atoms with E-state index in [2.05, 4.69) is 38.7 Å². The van der Waals surface area contributed by atoms with Crippen LogP contribution in [0.15, 0.2) is 71.2 Å². The van der Waals surface area contributed by atoms with Crippen LogP contribution in [-0.2, 0) is 11.2 Å². The molecule has 3 aromatic carbocycles. The molecule has 0 aliphatic carbocycles. The Morgan fingerprint density at radius 3 is 2.45 bits per heavy atom. The van der Waals surface area contributed by atoms with Crippen LogP contribution >= 0.6 is 15.9 Å². The molecule has 5 nitrogen and oxygen atoms in total. The molecule has 0 unspecified atom stereocenters. The van der Waals surface area contributed by atoms with Gasteiger partial charge in [0.1, 0.15) is 5.75 Å². The summed E-state index contributed by atoms with van der Waals surface area (Å²) in [5.41, 5.74) is 3.94. The smallest absolute Gasteiger partial charge is 0.255 e. The molecule has 0 radical (unpaired) electrons. The van der Waals surface area contributed by atoms with Gasteiger partial charge in [0, 0.05) is 29.8 Å². The summed E-state index contributed by atoms with van der Waals surface area (Å²) < 4.78 is 6.57. The minimum Gasteiger partial charge on any atom is -0.492 e. The number of rotatable bonds is 8. The number of nitrogens with one attached hydrogen (secondary N) is 2. The Balaban J connectivity index is 1.62. The maximum Gasteiger partial charge on any atom is 0.255 e. The van der Waals surface area contributed by atoms with Gasteiger partial charge >= 0.3 is 0 Å². The Morgan fingerprint density at radius 1 is 0.968 bits per heavy atom. The highest BCUT2D eigenvalue weighted by Gasteiger charge is 2.11. The first kappa shape index (κ1) is 22.6. The second kappa shape index (κ2) is 10.8. The van der Waals surface area contributed by atoms with Crippen LogP contribution in [0.3, 0.4) is 0 Å². The zero-order chi connectivity index (χ0) is 22.2. The first-order valence-corrected chi connectivity index (χ1v) is 10.9. The maximum absolute atomic E-state index is 12.7. The van der Waals surface area contributed by atoms with Gasteiger partial charge in [-0.3, -0.25) is 9.59 Å². The van der Waals surface area contributed by atoms with Crippen molar-refractivity contribution < 1.29 is 14.3 Å². The van der Waals surface area contributed by atoms with Gasteiger partial charge in [-0.15, -0.1) is 0 Å². The van der Waals surface area contributed by atoms with Gasteiger partial charge in [0.25, 0.3) is 5.91 Å². The molecule has 6 heteroatoms. The van der Waals surface area contributed by atoms with Crippen molar-refractivity contribution in [2.24, 2.45) is 0 Å². The fourth-order valence-electron chi connectivity index (χ4n) is 2.96. The number of ether oxygens (including phenoxy) is 1. The predicted octanol–water partition coefficient (Wildman–Crippen LogP) is 5.98. The van der Waals surface area contributed by atoms with Crippen molar-refractivity contribution in [1.82, 2.24) is 0 Å². The molecule has 2 amide bonds. The third kappa shape index (κ3) is 6.43. The second-order valence-electron chi connectivity index (χ2n) is 7.11. The molecule has 31 heavy (non-hydrogen) atoms. The Hall–Kier alpha value is -3.12. The van der Waals surface area contributed by atoms with Crippen LogP contribution in [0.25, 0.3) is 0 Å². The highest BCUT2D eigenvalue weighted by molar-refractivity contribution is 9.10. The van der Waals surface area contributed by atoms with Crippen molar-refractivity contribution in [3.05, 3.63) is 87.9 Å². The lowest BCUT2D eigenvalue weighted by atomic mass is 10.1. The van der Waals surface area contributed by atoms with Crippen molar-refractivity contribution in [1.29, 1.82) is 0 Å². The van der Waals surface area contributed by atoms with Gasteiger partial charge in [0.2, 0.25) is 5.91 Å². The molecule has 0 aliphatic heterocycles. The first-order chi connectivity index (χ1) is 15.0. The summed E-state index contributed by atoms with van der Waals surface area (Å²) in [4.78, 5) is 24.4. The summed E-state index contributed by atoms with van der Waals surface area (Å²) in [7, 11) is 0. The Labute approximate surface area is 191 Å². The summed E-state index contributed by atoms with van der Waals surface area (Å²) >= 11 is 3.49. The van der Waals surface area contributed by atoms with Crippen molar-refractivity contribution in [3.8, 4) is 5.75 Å².